The highest BCUT2D eigenvalue weighted by molar-refractivity contribution is 7.90. The van der Waals surface area contributed by atoms with Gasteiger partial charge in [0.25, 0.3) is 0 Å². The van der Waals surface area contributed by atoms with Crippen molar-refractivity contribution in [1.82, 2.24) is 14.2 Å². The first kappa shape index (κ1) is 16.0. The topological polar surface area (TPSA) is 73.8 Å². The number of hydrogen-bond donors (Lipinski definition) is 0. The van der Waals surface area contributed by atoms with Crippen LogP contribution in [0.3, 0.4) is 0 Å². The van der Waals surface area contributed by atoms with E-state index in [1.54, 1.807) is 21.6 Å². The molecule has 7 nitrogen and oxygen atoms in total. The van der Waals surface area contributed by atoms with Crippen LogP contribution >= 0.6 is 0 Å². The van der Waals surface area contributed by atoms with Crippen LogP contribution in [0.25, 0.3) is 0 Å². The molecule has 1 amide bonds. The second-order valence-electron chi connectivity index (χ2n) is 7.10. The molecule has 0 aromatic carbocycles. The summed E-state index contributed by atoms with van der Waals surface area (Å²) in [5.74, 6) is 0.0274. The van der Waals surface area contributed by atoms with Crippen LogP contribution in [0.4, 0.5) is 5.69 Å². The van der Waals surface area contributed by atoms with Gasteiger partial charge in [-0.25, -0.2) is 8.42 Å². The molecule has 1 atom stereocenters. The number of amides is 1. The van der Waals surface area contributed by atoms with E-state index in [4.69, 9.17) is 0 Å². The zero-order valence-electron chi connectivity index (χ0n) is 13.8. The zero-order valence-corrected chi connectivity index (χ0v) is 14.6. The van der Waals surface area contributed by atoms with Crippen LogP contribution in [-0.2, 0) is 14.8 Å². The lowest BCUT2D eigenvalue weighted by atomic mass is 9.93. The third kappa shape index (κ3) is 2.53. The molecule has 3 heterocycles. The maximum absolute atomic E-state index is 12.6. The second kappa shape index (κ2) is 5.50. The van der Waals surface area contributed by atoms with Gasteiger partial charge in [0.15, 0.2) is 0 Å². The Kier molecular flexibility index (Phi) is 3.67. The first-order valence-electron chi connectivity index (χ1n) is 8.33. The Morgan fingerprint density at radius 2 is 2.08 bits per heavy atom. The summed E-state index contributed by atoms with van der Waals surface area (Å²) in [6.45, 7) is 1.81. The van der Waals surface area contributed by atoms with E-state index in [2.05, 4.69) is 4.98 Å². The molecule has 8 heteroatoms. The summed E-state index contributed by atoms with van der Waals surface area (Å²) in [4.78, 5) is 20.3. The van der Waals surface area contributed by atoms with E-state index in [1.807, 2.05) is 24.1 Å². The first-order chi connectivity index (χ1) is 11.4. The molecule has 0 radical (unpaired) electrons. The van der Waals surface area contributed by atoms with Crippen LogP contribution in [0.1, 0.15) is 19.3 Å². The monoisotopic (exact) mass is 350 g/mol. The number of rotatable bonds is 3. The largest absolute Gasteiger partial charge is 0.308 e. The molecule has 3 aliphatic rings. The average Bonchev–Trinajstić information content (AvgIpc) is 3.34. The van der Waals surface area contributed by atoms with E-state index in [0.717, 1.165) is 24.9 Å². The summed E-state index contributed by atoms with van der Waals surface area (Å²) < 4.78 is 26.8. The zero-order chi connectivity index (χ0) is 16.9. The number of anilines is 1. The Labute approximate surface area is 142 Å². The SMILES string of the molecule is CN1CC(=O)N(c2cccnc2)C[C@@]12CCN(S(=O)(=O)C1CC1)C2. The Hall–Kier alpha value is -1.51. The predicted octanol–water partition coefficient (Wildman–Crippen LogP) is 0.297. The van der Waals surface area contributed by atoms with Gasteiger partial charge in [-0.15, -0.1) is 0 Å². The van der Waals surface area contributed by atoms with E-state index < -0.39 is 10.0 Å². The van der Waals surface area contributed by atoms with Crippen molar-refractivity contribution >= 4 is 21.6 Å². The van der Waals surface area contributed by atoms with E-state index in [-0.39, 0.29) is 16.7 Å². The van der Waals surface area contributed by atoms with Crippen LogP contribution < -0.4 is 4.90 Å². The number of carbonyl (C=O) groups is 1. The maximum Gasteiger partial charge on any atom is 0.241 e. The van der Waals surface area contributed by atoms with Crippen LogP contribution in [0.2, 0.25) is 0 Å². The molecule has 4 rings (SSSR count). The fraction of sp³-hybridized carbons (Fsp3) is 0.625. The number of hydrogen-bond acceptors (Lipinski definition) is 5. The minimum atomic E-state index is -3.17. The number of pyridine rings is 1. The van der Waals surface area contributed by atoms with Crippen LogP contribution in [0.15, 0.2) is 24.5 Å². The van der Waals surface area contributed by atoms with Crippen molar-refractivity contribution in [2.24, 2.45) is 0 Å². The molecule has 24 heavy (non-hydrogen) atoms. The predicted molar refractivity (Wildman–Crippen MR) is 90.1 cm³/mol. The molecule has 2 aliphatic heterocycles. The lowest BCUT2D eigenvalue weighted by molar-refractivity contribution is -0.123. The van der Waals surface area contributed by atoms with E-state index in [1.165, 1.54) is 0 Å². The van der Waals surface area contributed by atoms with Crippen molar-refractivity contribution in [2.75, 3.05) is 38.1 Å². The third-order valence-electron chi connectivity index (χ3n) is 5.50. The van der Waals surface area contributed by atoms with Gasteiger partial charge in [-0.1, -0.05) is 0 Å². The van der Waals surface area contributed by atoms with Gasteiger partial charge in [-0.05, 0) is 38.4 Å². The standard InChI is InChI=1S/C16H22N4O3S/c1-18-10-15(21)20(13-3-2-7-17-9-13)12-16(18)6-8-19(11-16)24(22,23)14-4-5-14/h2-3,7,9,14H,4-6,8,10-12H2,1H3/t16-/m0/s1. The summed E-state index contributed by atoms with van der Waals surface area (Å²) in [5, 5.41) is -0.183. The summed E-state index contributed by atoms with van der Waals surface area (Å²) in [7, 11) is -1.25. The summed E-state index contributed by atoms with van der Waals surface area (Å²) in [6, 6.07) is 3.68. The lowest BCUT2D eigenvalue weighted by Crippen LogP contribution is -2.64. The van der Waals surface area contributed by atoms with Crippen molar-refractivity contribution in [3.05, 3.63) is 24.5 Å². The first-order valence-corrected chi connectivity index (χ1v) is 9.83. The molecule has 2 saturated heterocycles. The molecular weight excluding hydrogens is 328 g/mol. The average molecular weight is 350 g/mol. The van der Waals surface area contributed by atoms with Gasteiger partial charge in [0.1, 0.15) is 0 Å². The number of piperazine rings is 1. The highest BCUT2D eigenvalue weighted by atomic mass is 32.2. The smallest absolute Gasteiger partial charge is 0.241 e. The van der Waals surface area contributed by atoms with Gasteiger partial charge in [0.2, 0.25) is 15.9 Å². The molecule has 0 unspecified atom stereocenters. The van der Waals surface area contributed by atoms with Crippen molar-refractivity contribution < 1.29 is 13.2 Å². The van der Waals surface area contributed by atoms with Gasteiger partial charge in [-0.2, -0.15) is 4.31 Å². The Balaban J connectivity index is 1.59. The Bertz CT molecular complexity index is 750. The molecule has 1 aromatic rings. The molecule has 0 bridgehead atoms. The summed E-state index contributed by atoms with van der Waals surface area (Å²) in [6.07, 6.45) is 5.67. The summed E-state index contributed by atoms with van der Waals surface area (Å²) in [5.41, 5.74) is 0.463. The fourth-order valence-electron chi connectivity index (χ4n) is 3.76. The lowest BCUT2D eigenvalue weighted by Gasteiger charge is -2.46. The van der Waals surface area contributed by atoms with Crippen LogP contribution in [-0.4, -0.2) is 72.5 Å². The number of sulfonamides is 1. The third-order valence-corrected chi connectivity index (χ3v) is 7.84. The highest BCUT2D eigenvalue weighted by Crippen LogP contribution is 2.38. The molecule has 3 fully saturated rings. The molecule has 1 aliphatic carbocycles. The highest BCUT2D eigenvalue weighted by Gasteiger charge is 2.52. The van der Waals surface area contributed by atoms with Gasteiger partial charge < -0.3 is 4.90 Å². The number of nitrogens with zero attached hydrogens (tertiary/aromatic N) is 4. The number of aromatic nitrogens is 1. The number of carbonyl (C=O) groups excluding carboxylic acids is 1. The molecule has 1 aromatic heterocycles. The molecule has 1 spiro atoms. The second-order valence-corrected chi connectivity index (χ2v) is 9.31. The van der Waals surface area contributed by atoms with Gasteiger partial charge in [0.05, 0.1) is 29.2 Å². The van der Waals surface area contributed by atoms with Crippen molar-refractivity contribution in [3.63, 3.8) is 0 Å². The fourth-order valence-corrected chi connectivity index (χ4v) is 5.68. The van der Waals surface area contributed by atoms with Gasteiger partial charge in [0, 0.05) is 25.8 Å². The molecule has 130 valence electrons. The van der Waals surface area contributed by atoms with Gasteiger partial charge in [-0.3, -0.25) is 14.7 Å². The Morgan fingerprint density at radius 1 is 1.29 bits per heavy atom. The van der Waals surface area contributed by atoms with E-state index >= 15 is 0 Å². The van der Waals surface area contributed by atoms with Gasteiger partial charge >= 0.3 is 0 Å². The van der Waals surface area contributed by atoms with E-state index in [0.29, 0.717) is 26.2 Å². The quantitative estimate of drug-likeness (QED) is 0.784. The molecule has 1 saturated carbocycles. The van der Waals surface area contributed by atoms with E-state index in [9.17, 15) is 13.2 Å². The molecule has 0 N–H and O–H groups in total. The van der Waals surface area contributed by atoms with Crippen LogP contribution in [0.5, 0.6) is 0 Å². The van der Waals surface area contributed by atoms with Crippen molar-refractivity contribution in [3.8, 4) is 0 Å². The maximum atomic E-state index is 12.6. The van der Waals surface area contributed by atoms with Crippen LogP contribution in [0, 0.1) is 0 Å². The minimum Gasteiger partial charge on any atom is -0.308 e. The number of likely N-dealkylation sites (N-methyl/N-ethyl adjacent to an activating group) is 1. The minimum absolute atomic E-state index is 0.0274. The summed E-state index contributed by atoms with van der Waals surface area (Å²) >= 11 is 0. The Morgan fingerprint density at radius 3 is 2.75 bits per heavy atom. The van der Waals surface area contributed by atoms with Crippen molar-refractivity contribution in [2.45, 2.75) is 30.1 Å². The normalized spacial score (nSPS) is 29.5. The molecular formula is C16H22N4O3S. The van der Waals surface area contributed by atoms with Crippen molar-refractivity contribution in [1.29, 1.82) is 0 Å².